The Morgan fingerprint density at radius 3 is 2.33 bits per heavy atom. The first-order valence-corrected chi connectivity index (χ1v) is 13.6. The van der Waals surface area contributed by atoms with Gasteiger partial charge in [0.2, 0.25) is 11.8 Å². The van der Waals surface area contributed by atoms with Gasteiger partial charge in [0.05, 0.1) is 11.5 Å². The lowest BCUT2D eigenvalue weighted by atomic mass is 9.77. The van der Waals surface area contributed by atoms with Crippen LogP contribution in [0.1, 0.15) is 68.5 Å². The van der Waals surface area contributed by atoms with Crippen molar-refractivity contribution in [2.75, 3.05) is 26.2 Å². The molecule has 0 aromatic heterocycles. The molecule has 6 heteroatoms. The van der Waals surface area contributed by atoms with Crippen LogP contribution in [0, 0.1) is 17.2 Å². The minimum atomic E-state index is -0.247. The third-order valence-corrected chi connectivity index (χ3v) is 8.68. The Morgan fingerprint density at radius 1 is 0.972 bits per heavy atom. The number of benzene rings is 2. The topological polar surface area (TPSA) is 52.7 Å². The third-order valence-electron chi connectivity index (χ3n) is 8.68. The molecular weight excluding hydrogens is 453 g/mol. The van der Waals surface area contributed by atoms with Gasteiger partial charge in [-0.1, -0.05) is 55.3 Å². The van der Waals surface area contributed by atoms with Crippen LogP contribution in [-0.4, -0.2) is 47.8 Å². The van der Waals surface area contributed by atoms with Gasteiger partial charge >= 0.3 is 0 Å². The highest BCUT2D eigenvalue weighted by Crippen LogP contribution is 2.42. The van der Waals surface area contributed by atoms with Crippen LogP contribution in [0.4, 0.5) is 4.39 Å². The number of carbonyl (C=O) groups is 2. The summed E-state index contributed by atoms with van der Waals surface area (Å²) in [5, 5.41) is 3.35. The molecule has 2 aromatic rings. The summed E-state index contributed by atoms with van der Waals surface area (Å²) in [6, 6.07) is 16.8. The lowest BCUT2D eigenvalue weighted by Gasteiger charge is -2.38. The molecule has 1 unspecified atom stereocenters. The molecule has 2 aromatic carbocycles. The molecule has 36 heavy (non-hydrogen) atoms. The molecule has 2 aliphatic heterocycles. The maximum atomic E-state index is 13.3. The highest BCUT2D eigenvalue weighted by Gasteiger charge is 2.47. The predicted molar refractivity (Wildman–Crippen MR) is 138 cm³/mol. The number of piperidine rings is 1. The van der Waals surface area contributed by atoms with E-state index in [9.17, 15) is 14.0 Å². The second kappa shape index (κ2) is 11.1. The monoisotopic (exact) mass is 491 g/mol. The Labute approximate surface area is 214 Å². The minimum Gasteiger partial charge on any atom is -0.349 e. The van der Waals surface area contributed by atoms with Crippen molar-refractivity contribution in [3.8, 4) is 0 Å². The maximum absolute atomic E-state index is 13.3. The Hall–Kier alpha value is -2.73. The Balaban J connectivity index is 1.14. The molecule has 1 N–H and O–H groups in total. The largest absolute Gasteiger partial charge is 0.349 e. The van der Waals surface area contributed by atoms with Crippen molar-refractivity contribution in [1.82, 2.24) is 15.1 Å². The zero-order valence-corrected chi connectivity index (χ0v) is 21.1. The zero-order chi connectivity index (χ0) is 25.0. The van der Waals surface area contributed by atoms with Crippen molar-refractivity contribution >= 4 is 11.8 Å². The van der Waals surface area contributed by atoms with E-state index >= 15 is 0 Å². The van der Waals surface area contributed by atoms with Crippen molar-refractivity contribution in [1.29, 1.82) is 0 Å². The SMILES string of the molecule is O=C(NC(CCN1CCC2(CC1)CCN(Cc1ccc(F)cc1)C2=O)c1ccccc1)C1CCCC1. The van der Waals surface area contributed by atoms with Crippen molar-refractivity contribution in [3.63, 3.8) is 0 Å². The molecule has 1 atom stereocenters. The van der Waals surface area contributed by atoms with E-state index in [4.69, 9.17) is 0 Å². The molecule has 3 fully saturated rings. The third kappa shape index (κ3) is 5.64. The average molecular weight is 492 g/mol. The van der Waals surface area contributed by atoms with Gasteiger partial charge in [0.25, 0.3) is 0 Å². The molecule has 1 spiro atoms. The van der Waals surface area contributed by atoms with Gasteiger partial charge in [-0.2, -0.15) is 0 Å². The van der Waals surface area contributed by atoms with Crippen molar-refractivity contribution in [2.24, 2.45) is 11.3 Å². The molecule has 0 bridgehead atoms. The van der Waals surface area contributed by atoms with E-state index in [1.807, 2.05) is 23.1 Å². The summed E-state index contributed by atoms with van der Waals surface area (Å²) in [4.78, 5) is 30.6. The van der Waals surface area contributed by atoms with E-state index < -0.39 is 0 Å². The van der Waals surface area contributed by atoms with E-state index in [0.29, 0.717) is 6.54 Å². The number of rotatable bonds is 8. The summed E-state index contributed by atoms with van der Waals surface area (Å²) in [5.41, 5.74) is 1.90. The molecule has 5 nitrogen and oxygen atoms in total. The number of amides is 2. The lowest BCUT2D eigenvalue weighted by molar-refractivity contribution is -0.139. The van der Waals surface area contributed by atoms with Crippen LogP contribution in [0.3, 0.4) is 0 Å². The first-order valence-electron chi connectivity index (χ1n) is 13.6. The molecule has 1 saturated carbocycles. The summed E-state index contributed by atoms with van der Waals surface area (Å²) < 4.78 is 13.2. The van der Waals surface area contributed by atoms with Crippen LogP contribution in [0.2, 0.25) is 0 Å². The number of likely N-dealkylation sites (tertiary alicyclic amines) is 2. The van der Waals surface area contributed by atoms with E-state index in [-0.39, 0.29) is 35.0 Å². The van der Waals surface area contributed by atoms with Gasteiger partial charge in [-0.25, -0.2) is 4.39 Å². The second-order valence-corrected chi connectivity index (χ2v) is 11.0. The van der Waals surface area contributed by atoms with E-state index in [1.54, 1.807) is 12.1 Å². The number of halogens is 1. The fraction of sp³-hybridized carbons (Fsp3) is 0.533. The number of hydrogen-bond donors (Lipinski definition) is 1. The molecule has 3 aliphatic rings. The molecule has 5 rings (SSSR count). The van der Waals surface area contributed by atoms with Crippen molar-refractivity contribution < 1.29 is 14.0 Å². The van der Waals surface area contributed by atoms with Gasteiger partial charge in [-0.15, -0.1) is 0 Å². The highest BCUT2D eigenvalue weighted by molar-refractivity contribution is 5.85. The summed E-state index contributed by atoms with van der Waals surface area (Å²) in [6.07, 6.45) is 7.88. The van der Waals surface area contributed by atoms with Crippen LogP contribution < -0.4 is 5.32 Å². The van der Waals surface area contributed by atoms with Crippen LogP contribution in [0.5, 0.6) is 0 Å². The quantitative estimate of drug-likeness (QED) is 0.561. The second-order valence-electron chi connectivity index (χ2n) is 11.0. The molecule has 0 radical (unpaired) electrons. The summed E-state index contributed by atoms with van der Waals surface area (Å²) in [6.45, 7) is 4.07. The smallest absolute Gasteiger partial charge is 0.229 e. The molecule has 2 heterocycles. The minimum absolute atomic E-state index is 0.0227. The van der Waals surface area contributed by atoms with Gasteiger partial charge in [-0.3, -0.25) is 9.59 Å². The van der Waals surface area contributed by atoms with Gasteiger partial charge in [0.15, 0.2) is 0 Å². The molecular formula is C30H38FN3O2. The fourth-order valence-electron chi connectivity index (χ4n) is 6.32. The van der Waals surface area contributed by atoms with E-state index in [0.717, 1.165) is 83.1 Å². The van der Waals surface area contributed by atoms with Gasteiger partial charge < -0.3 is 15.1 Å². The van der Waals surface area contributed by atoms with E-state index in [1.165, 1.54) is 17.7 Å². The summed E-state index contributed by atoms with van der Waals surface area (Å²) in [5.74, 6) is 0.384. The predicted octanol–water partition coefficient (Wildman–Crippen LogP) is 5.08. The number of carbonyl (C=O) groups excluding carboxylic acids is 2. The summed E-state index contributed by atoms with van der Waals surface area (Å²) in [7, 11) is 0. The Kier molecular flexibility index (Phi) is 7.70. The van der Waals surface area contributed by atoms with Crippen molar-refractivity contribution in [2.45, 2.75) is 64.0 Å². The van der Waals surface area contributed by atoms with Gasteiger partial charge in [-0.05, 0) is 74.9 Å². The molecule has 192 valence electrons. The normalized spacial score (nSPS) is 21.2. The van der Waals surface area contributed by atoms with Gasteiger partial charge in [0, 0.05) is 25.6 Å². The number of nitrogens with zero attached hydrogens (tertiary/aromatic N) is 2. The number of nitrogens with one attached hydrogen (secondary N) is 1. The molecule has 2 amide bonds. The first kappa shape index (κ1) is 24.9. The van der Waals surface area contributed by atoms with Crippen LogP contribution in [0.25, 0.3) is 0 Å². The van der Waals surface area contributed by atoms with Gasteiger partial charge in [0.1, 0.15) is 5.82 Å². The summed E-state index contributed by atoms with van der Waals surface area (Å²) >= 11 is 0. The average Bonchev–Trinajstić information content (AvgIpc) is 3.55. The molecule has 1 aliphatic carbocycles. The Bertz CT molecular complexity index is 1030. The van der Waals surface area contributed by atoms with E-state index in [2.05, 4.69) is 22.3 Å². The highest BCUT2D eigenvalue weighted by atomic mass is 19.1. The Morgan fingerprint density at radius 2 is 1.64 bits per heavy atom. The lowest BCUT2D eigenvalue weighted by Crippen LogP contribution is -2.45. The fourth-order valence-corrected chi connectivity index (χ4v) is 6.32. The zero-order valence-electron chi connectivity index (χ0n) is 21.1. The van der Waals surface area contributed by atoms with Crippen LogP contribution in [-0.2, 0) is 16.1 Å². The van der Waals surface area contributed by atoms with Crippen LogP contribution in [0.15, 0.2) is 54.6 Å². The van der Waals surface area contributed by atoms with Crippen molar-refractivity contribution in [3.05, 3.63) is 71.5 Å². The standard InChI is InChI=1S/C30H38FN3O2/c31-26-12-10-23(11-13-26)22-34-21-17-30(29(34)36)15-19-33(20-16-30)18-14-27(24-6-2-1-3-7-24)32-28(35)25-8-4-5-9-25/h1-3,6-7,10-13,25,27H,4-5,8-9,14-22H2,(H,32,35). The molecule has 2 saturated heterocycles. The maximum Gasteiger partial charge on any atom is 0.229 e. The van der Waals surface area contributed by atoms with Crippen LogP contribution >= 0.6 is 0 Å². The number of hydrogen-bond acceptors (Lipinski definition) is 3. The first-order chi connectivity index (χ1) is 17.5.